The van der Waals surface area contributed by atoms with E-state index in [-0.39, 0.29) is 5.56 Å². The summed E-state index contributed by atoms with van der Waals surface area (Å²) in [6.45, 7) is 6.44. The third-order valence-corrected chi connectivity index (χ3v) is 3.23. The van der Waals surface area contributed by atoms with Crippen LogP contribution in [-0.4, -0.2) is 11.5 Å². The summed E-state index contributed by atoms with van der Waals surface area (Å²) < 4.78 is 27.5. The quantitative estimate of drug-likeness (QED) is 0.921. The fourth-order valence-corrected chi connectivity index (χ4v) is 2.33. The van der Waals surface area contributed by atoms with E-state index in [1.165, 1.54) is 6.07 Å². The lowest BCUT2D eigenvalue weighted by Crippen LogP contribution is -2.25. The molecule has 4 heteroatoms. The van der Waals surface area contributed by atoms with Crippen LogP contribution in [0.5, 0.6) is 0 Å². The van der Waals surface area contributed by atoms with Gasteiger partial charge in [-0.3, -0.25) is 4.98 Å². The highest BCUT2D eigenvalue weighted by molar-refractivity contribution is 5.34. The third-order valence-electron chi connectivity index (χ3n) is 3.23. The van der Waals surface area contributed by atoms with Crippen molar-refractivity contribution < 1.29 is 8.78 Å². The number of aryl methyl sites for hydroxylation is 2. The second kappa shape index (κ2) is 6.09. The Kier molecular flexibility index (Phi) is 4.45. The van der Waals surface area contributed by atoms with Crippen molar-refractivity contribution in [3.8, 4) is 0 Å². The van der Waals surface area contributed by atoms with Gasteiger partial charge in [-0.25, -0.2) is 8.78 Å². The zero-order valence-corrected chi connectivity index (χ0v) is 11.9. The van der Waals surface area contributed by atoms with Crippen molar-refractivity contribution in [1.82, 2.24) is 10.3 Å². The molecule has 0 saturated heterocycles. The van der Waals surface area contributed by atoms with Gasteiger partial charge in [0.15, 0.2) is 11.6 Å². The molecule has 0 aliphatic carbocycles. The normalized spacial score (nSPS) is 12.4. The SMILES string of the molecule is CCNC(c1cccc(F)c1F)c1ncc(C)cc1C. The molecule has 1 aromatic carbocycles. The summed E-state index contributed by atoms with van der Waals surface area (Å²) in [7, 11) is 0. The monoisotopic (exact) mass is 276 g/mol. The lowest BCUT2D eigenvalue weighted by atomic mass is 9.98. The highest BCUT2D eigenvalue weighted by atomic mass is 19.2. The Balaban J connectivity index is 2.53. The van der Waals surface area contributed by atoms with Crippen LogP contribution in [0.4, 0.5) is 8.78 Å². The summed E-state index contributed by atoms with van der Waals surface area (Å²) in [5.74, 6) is -1.66. The second-order valence-corrected chi connectivity index (χ2v) is 4.85. The summed E-state index contributed by atoms with van der Waals surface area (Å²) in [5, 5.41) is 3.17. The molecule has 1 unspecified atom stereocenters. The Bertz CT molecular complexity index is 611. The van der Waals surface area contributed by atoms with E-state index in [2.05, 4.69) is 10.3 Å². The van der Waals surface area contributed by atoms with Gasteiger partial charge in [0, 0.05) is 11.8 Å². The van der Waals surface area contributed by atoms with Gasteiger partial charge in [-0.05, 0) is 37.6 Å². The molecule has 2 nitrogen and oxygen atoms in total. The fraction of sp³-hybridized carbons (Fsp3) is 0.312. The molecule has 1 aromatic heterocycles. The van der Waals surface area contributed by atoms with Gasteiger partial charge in [0.25, 0.3) is 0 Å². The zero-order chi connectivity index (χ0) is 14.7. The van der Waals surface area contributed by atoms with Crippen molar-refractivity contribution in [1.29, 1.82) is 0 Å². The second-order valence-electron chi connectivity index (χ2n) is 4.85. The summed E-state index contributed by atoms with van der Waals surface area (Å²) in [6.07, 6.45) is 1.74. The summed E-state index contributed by atoms with van der Waals surface area (Å²) in [6, 6.07) is 5.77. The molecule has 0 aliphatic rings. The Morgan fingerprint density at radius 1 is 1.25 bits per heavy atom. The van der Waals surface area contributed by atoms with E-state index in [4.69, 9.17) is 0 Å². The molecule has 2 rings (SSSR count). The Labute approximate surface area is 117 Å². The van der Waals surface area contributed by atoms with Gasteiger partial charge in [0.05, 0.1) is 11.7 Å². The van der Waals surface area contributed by atoms with Crippen LogP contribution in [0, 0.1) is 25.5 Å². The minimum Gasteiger partial charge on any atom is -0.305 e. The maximum atomic E-state index is 14.0. The number of benzene rings is 1. The van der Waals surface area contributed by atoms with Crippen molar-refractivity contribution in [2.45, 2.75) is 26.8 Å². The van der Waals surface area contributed by atoms with Gasteiger partial charge in [-0.2, -0.15) is 0 Å². The predicted octanol–water partition coefficient (Wildman–Crippen LogP) is 3.68. The van der Waals surface area contributed by atoms with Crippen LogP contribution in [0.15, 0.2) is 30.5 Å². The predicted molar refractivity (Wildman–Crippen MR) is 75.6 cm³/mol. The molecule has 0 saturated carbocycles. The number of hydrogen-bond acceptors (Lipinski definition) is 2. The standard InChI is InChI=1S/C16H18F2N2/c1-4-19-16(12-6-5-7-13(17)14(12)18)15-11(3)8-10(2)9-20-15/h5-9,16,19H,4H2,1-3H3. The van der Waals surface area contributed by atoms with Crippen LogP contribution in [-0.2, 0) is 0 Å². The van der Waals surface area contributed by atoms with Crippen molar-refractivity contribution in [2.75, 3.05) is 6.54 Å². The summed E-state index contributed by atoms with van der Waals surface area (Å²) in [5.41, 5.74) is 3.01. The van der Waals surface area contributed by atoms with E-state index >= 15 is 0 Å². The van der Waals surface area contributed by atoms with Crippen LogP contribution >= 0.6 is 0 Å². The first kappa shape index (κ1) is 14.6. The van der Waals surface area contributed by atoms with Gasteiger partial charge < -0.3 is 5.32 Å². The summed E-state index contributed by atoms with van der Waals surface area (Å²) in [4.78, 5) is 4.39. The Morgan fingerprint density at radius 3 is 2.65 bits per heavy atom. The van der Waals surface area contributed by atoms with Crippen LogP contribution in [0.25, 0.3) is 0 Å². The number of hydrogen-bond donors (Lipinski definition) is 1. The molecular formula is C16H18F2N2. The Morgan fingerprint density at radius 2 is 2.00 bits per heavy atom. The van der Waals surface area contributed by atoms with Crippen molar-refractivity contribution in [2.24, 2.45) is 0 Å². The molecule has 1 heterocycles. The van der Waals surface area contributed by atoms with E-state index in [0.29, 0.717) is 6.54 Å². The maximum absolute atomic E-state index is 14.0. The lowest BCUT2D eigenvalue weighted by Gasteiger charge is -2.20. The van der Waals surface area contributed by atoms with Crippen molar-refractivity contribution >= 4 is 0 Å². The topological polar surface area (TPSA) is 24.9 Å². The van der Waals surface area contributed by atoms with E-state index in [9.17, 15) is 8.78 Å². The first-order valence-electron chi connectivity index (χ1n) is 6.65. The van der Waals surface area contributed by atoms with Crippen molar-refractivity contribution in [3.63, 3.8) is 0 Å². The molecule has 0 radical (unpaired) electrons. The van der Waals surface area contributed by atoms with Gasteiger partial charge in [0.1, 0.15) is 0 Å². The highest BCUT2D eigenvalue weighted by Gasteiger charge is 2.21. The molecule has 106 valence electrons. The first-order valence-corrected chi connectivity index (χ1v) is 6.65. The molecule has 0 bridgehead atoms. The third kappa shape index (κ3) is 2.85. The molecule has 1 N–H and O–H groups in total. The minimum absolute atomic E-state index is 0.284. The van der Waals surface area contributed by atoms with Gasteiger partial charge in [-0.15, -0.1) is 0 Å². The maximum Gasteiger partial charge on any atom is 0.163 e. The van der Waals surface area contributed by atoms with Crippen LogP contribution in [0.2, 0.25) is 0 Å². The average Bonchev–Trinajstić information content (AvgIpc) is 2.40. The van der Waals surface area contributed by atoms with Gasteiger partial charge in [0.2, 0.25) is 0 Å². The van der Waals surface area contributed by atoms with Crippen LogP contribution in [0.1, 0.15) is 35.3 Å². The lowest BCUT2D eigenvalue weighted by molar-refractivity contribution is 0.480. The number of aromatic nitrogens is 1. The Hall–Kier alpha value is -1.81. The summed E-state index contributed by atoms with van der Waals surface area (Å²) >= 11 is 0. The van der Waals surface area contributed by atoms with E-state index < -0.39 is 17.7 Å². The number of rotatable bonds is 4. The number of pyridine rings is 1. The van der Waals surface area contributed by atoms with Crippen LogP contribution in [0.3, 0.4) is 0 Å². The van der Waals surface area contributed by atoms with E-state index in [1.807, 2.05) is 26.8 Å². The number of nitrogens with one attached hydrogen (secondary N) is 1. The van der Waals surface area contributed by atoms with E-state index in [0.717, 1.165) is 22.9 Å². The zero-order valence-electron chi connectivity index (χ0n) is 11.9. The molecule has 0 amide bonds. The molecule has 0 spiro atoms. The molecule has 0 aliphatic heterocycles. The highest BCUT2D eigenvalue weighted by Crippen LogP contribution is 2.26. The smallest absolute Gasteiger partial charge is 0.163 e. The van der Waals surface area contributed by atoms with Crippen LogP contribution < -0.4 is 5.32 Å². The van der Waals surface area contributed by atoms with E-state index in [1.54, 1.807) is 12.3 Å². The average molecular weight is 276 g/mol. The minimum atomic E-state index is -0.838. The van der Waals surface area contributed by atoms with Gasteiger partial charge in [-0.1, -0.05) is 25.1 Å². The molecule has 20 heavy (non-hydrogen) atoms. The van der Waals surface area contributed by atoms with Crippen molar-refractivity contribution in [3.05, 3.63) is 64.5 Å². The largest absolute Gasteiger partial charge is 0.305 e. The van der Waals surface area contributed by atoms with Gasteiger partial charge >= 0.3 is 0 Å². The number of halogens is 2. The fourth-order valence-electron chi connectivity index (χ4n) is 2.33. The molecule has 1 atom stereocenters. The molecule has 0 fully saturated rings. The number of nitrogens with zero attached hydrogens (tertiary/aromatic N) is 1. The molecular weight excluding hydrogens is 258 g/mol. The molecule has 2 aromatic rings. The first-order chi connectivity index (χ1) is 9.54.